The van der Waals surface area contributed by atoms with Gasteiger partial charge in [-0.05, 0) is 12.0 Å². The third-order valence-electron chi connectivity index (χ3n) is 2.64. The van der Waals surface area contributed by atoms with E-state index in [1.54, 1.807) is 6.92 Å². The van der Waals surface area contributed by atoms with E-state index in [2.05, 4.69) is 0 Å². The van der Waals surface area contributed by atoms with Crippen LogP contribution in [0, 0.1) is 10.1 Å². The van der Waals surface area contributed by atoms with Crippen LogP contribution in [0.4, 0.5) is 5.69 Å². The fourth-order valence-corrected chi connectivity index (χ4v) is 3.19. The summed E-state index contributed by atoms with van der Waals surface area (Å²) in [6.07, 6.45) is 0.178. The molecular formula is C11H15NO5S. The van der Waals surface area contributed by atoms with E-state index < -0.39 is 26.1 Å². The second-order valence-electron chi connectivity index (χ2n) is 4.08. The van der Waals surface area contributed by atoms with Crippen molar-refractivity contribution in [3.05, 3.63) is 39.9 Å². The minimum Gasteiger partial charge on any atom is -0.391 e. The van der Waals surface area contributed by atoms with E-state index >= 15 is 0 Å². The molecule has 0 bridgehead atoms. The monoisotopic (exact) mass is 273 g/mol. The van der Waals surface area contributed by atoms with Gasteiger partial charge in [0.05, 0.1) is 11.0 Å². The SMILES string of the molecule is CCC(O)C(c1cccc([N+](=O)[O-])c1)S(C)(=O)=O. The molecule has 0 amide bonds. The number of hydrogen-bond donors (Lipinski definition) is 1. The molecule has 2 unspecified atom stereocenters. The number of aliphatic hydroxyl groups is 1. The molecule has 0 heterocycles. The number of nitro groups is 1. The first-order valence-electron chi connectivity index (χ1n) is 5.38. The minimum absolute atomic E-state index is 0.190. The van der Waals surface area contributed by atoms with Gasteiger partial charge in [-0.15, -0.1) is 0 Å². The van der Waals surface area contributed by atoms with Crippen LogP contribution in [0.1, 0.15) is 24.2 Å². The van der Waals surface area contributed by atoms with Gasteiger partial charge in [0.25, 0.3) is 5.69 Å². The highest BCUT2D eigenvalue weighted by atomic mass is 32.2. The van der Waals surface area contributed by atoms with Gasteiger partial charge in [0.2, 0.25) is 0 Å². The Balaban J connectivity index is 3.30. The maximum absolute atomic E-state index is 11.7. The van der Waals surface area contributed by atoms with Crippen LogP contribution in [-0.2, 0) is 9.84 Å². The summed E-state index contributed by atoms with van der Waals surface area (Å²) in [5.74, 6) is 0. The molecule has 6 nitrogen and oxygen atoms in total. The molecule has 100 valence electrons. The first kappa shape index (κ1) is 14.6. The van der Waals surface area contributed by atoms with E-state index in [0.29, 0.717) is 0 Å². The van der Waals surface area contributed by atoms with Crippen molar-refractivity contribution in [1.29, 1.82) is 0 Å². The van der Waals surface area contributed by atoms with Crippen molar-refractivity contribution >= 4 is 15.5 Å². The highest BCUT2D eigenvalue weighted by Gasteiger charge is 2.30. The number of sulfone groups is 1. The molecule has 0 fully saturated rings. The molecule has 0 aliphatic heterocycles. The third kappa shape index (κ3) is 3.27. The van der Waals surface area contributed by atoms with Gasteiger partial charge in [-0.3, -0.25) is 10.1 Å². The summed E-state index contributed by atoms with van der Waals surface area (Å²) < 4.78 is 23.4. The lowest BCUT2D eigenvalue weighted by Crippen LogP contribution is -2.25. The van der Waals surface area contributed by atoms with Crippen molar-refractivity contribution in [3.63, 3.8) is 0 Å². The molecule has 0 aromatic heterocycles. The van der Waals surface area contributed by atoms with Crippen LogP contribution in [0.15, 0.2) is 24.3 Å². The maximum Gasteiger partial charge on any atom is 0.269 e. The molecule has 0 saturated heterocycles. The van der Waals surface area contributed by atoms with Crippen LogP contribution in [0.3, 0.4) is 0 Å². The first-order chi connectivity index (χ1) is 8.27. The molecular weight excluding hydrogens is 258 g/mol. The van der Waals surface area contributed by atoms with Crippen molar-refractivity contribution in [2.45, 2.75) is 24.7 Å². The Hall–Kier alpha value is -1.47. The molecule has 0 aliphatic rings. The summed E-state index contributed by atoms with van der Waals surface area (Å²) in [6.45, 7) is 1.65. The number of nitrogens with zero attached hydrogens (tertiary/aromatic N) is 1. The number of hydrogen-bond acceptors (Lipinski definition) is 5. The van der Waals surface area contributed by atoms with Crippen molar-refractivity contribution in [2.75, 3.05) is 6.26 Å². The molecule has 1 aromatic rings. The van der Waals surface area contributed by atoms with Crippen LogP contribution < -0.4 is 0 Å². The van der Waals surface area contributed by atoms with Gasteiger partial charge in [0, 0.05) is 18.4 Å². The second-order valence-corrected chi connectivity index (χ2v) is 6.24. The Bertz CT molecular complexity index is 540. The number of rotatable bonds is 5. The minimum atomic E-state index is -3.54. The number of aliphatic hydroxyl groups excluding tert-OH is 1. The van der Waals surface area contributed by atoms with Crippen molar-refractivity contribution < 1.29 is 18.4 Å². The lowest BCUT2D eigenvalue weighted by atomic mass is 10.1. The van der Waals surface area contributed by atoms with Gasteiger partial charge >= 0.3 is 0 Å². The van der Waals surface area contributed by atoms with Crippen LogP contribution >= 0.6 is 0 Å². The lowest BCUT2D eigenvalue weighted by Gasteiger charge is -2.20. The van der Waals surface area contributed by atoms with E-state index in [9.17, 15) is 23.6 Å². The highest BCUT2D eigenvalue weighted by Crippen LogP contribution is 2.29. The van der Waals surface area contributed by atoms with Crippen LogP contribution in [-0.4, -0.2) is 30.8 Å². The first-order valence-corrected chi connectivity index (χ1v) is 7.34. The average Bonchev–Trinajstić information content (AvgIpc) is 2.27. The molecule has 0 saturated carbocycles. The largest absolute Gasteiger partial charge is 0.391 e. The van der Waals surface area contributed by atoms with Crippen LogP contribution in [0.2, 0.25) is 0 Å². The smallest absolute Gasteiger partial charge is 0.269 e. The van der Waals surface area contributed by atoms with Crippen LogP contribution in [0.25, 0.3) is 0 Å². The molecule has 7 heteroatoms. The molecule has 2 atom stereocenters. The standard InChI is InChI=1S/C11H15NO5S/c1-3-10(13)11(18(2,16)17)8-5-4-6-9(7-8)12(14)15/h4-7,10-11,13H,3H2,1-2H3. The summed E-state index contributed by atoms with van der Waals surface area (Å²) in [5, 5.41) is 19.3. The van der Waals surface area contributed by atoms with Gasteiger partial charge in [-0.1, -0.05) is 19.1 Å². The Morgan fingerprint density at radius 1 is 1.44 bits per heavy atom. The number of nitro benzene ring substituents is 1. The van der Waals surface area contributed by atoms with Crippen molar-refractivity contribution in [2.24, 2.45) is 0 Å². The molecule has 1 N–H and O–H groups in total. The van der Waals surface area contributed by atoms with Gasteiger partial charge in [-0.2, -0.15) is 0 Å². The van der Waals surface area contributed by atoms with Crippen molar-refractivity contribution in [1.82, 2.24) is 0 Å². The summed E-state index contributed by atoms with van der Waals surface area (Å²) in [6, 6.07) is 5.34. The van der Waals surface area contributed by atoms with E-state index in [4.69, 9.17) is 0 Å². The summed E-state index contributed by atoms with van der Waals surface area (Å²) in [4.78, 5) is 10.1. The molecule has 1 aromatic carbocycles. The Labute approximate surface area is 105 Å². The van der Waals surface area contributed by atoms with Gasteiger partial charge in [-0.25, -0.2) is 8.42 Å². The van der Waals surface area contributed by atoms with Crippen molar-refractivity contribution in [3.8, 4) is 0 Å². The normalized spacial score (nSPS) is 15.1. The third-order valence-corrected chi connectivity index (χ3v) is 4.15. The molecule has 1 rings (SSSR count). The number of benzene rings is 1. The molecule has 18 heavy (non-hydrogen) atoms. The second kappa shape index (κ2) is 5.45. The topological polar surface area (TPSA) is 97.5 Å². The van der Waals surface area contributed by atoms with Gasteiger partial charge in [0.1, 0.15) is 5.25 Å². The molecule has 0 aliphatic carbocycles. The van der Waals surface area contributed by atoms with Gasteiger partial charge in [0.15, 0.2) is 9.84 Å². The Kier molecular flexibility index (Phi) is 4.42. The highest BCUT2D eigenvalue weighted by molar-refractivity contribution is 7.91. The van der Waals surface area contributed by atoms with E-state index in [0.717, 1.165) is 6.26 Å². The summed E-state index contributed by atoms with van der Waals surface area (Å²) in [7, 11) is -3.54. The van der Waals surface area contributed by atoms with E-state index in [-0.39, 0.29) is 17.7 Å². The zero-order chi connectivity index (χ0) is 13.9. The molecule has 0 spiro atoms. The average molecular weight is 273 g/mol. The predicted octanol–water partition coefficient (Wildman–Crippen LogP) is 1.45. The van der Waals surface area contributed by atoms with Gasteiger partial charge < -0.3 is 5.11 Å². The number of non-ortho nitro benzene ring substituents is 1. The zero-order valence-electron chi connectivity index (χ0n) is 10.1. The summed E-state index contributed by atoms with van der Waals surface area (Å²) in [5.41, 5.74) is 0.0468. The van der Waals surface area contributed by atoms with Crippen LogP contribution in [0.5, 0.6) is 0 Å². The summed E-state index contributed by atoms with van der Waals surface area (Å²) >= 11 is 0. The van der Waals surface area contributed by atoms with E-state index in [1.165, 1.54) is 24.3 Å². The fraction of sp³-hybridized carbons (Fsp3) is 0.455. The predicted molar refractivity (Wildman–Crippen MR) is 67.0 cm³/mol. The molecule has 0 radical (unpaired) electrons. The fourth-order valence-electron chi connectivity index (χ4n) is 1.78. The quantitative estimate of drug-likeness (QED) is 0.646. The lowest BCUT2D eigenvalue weighted by molar-refractivity contribution is -0.384. The maximum atomic E-state index is 11.7. The van der Waals surface area contributed by atoms with E-state index in [1.807, 2.05) is 0 Å². The Morgan fingerprint density at radius 2 is 2.06 bits per heavy atom. The Morgan fingerprint density at radius 3 is 2.50 bits per heavy atom. The zero-order valence-corrected chi connectivity index (χ0v) is 10.9.